The zero-order valence-electron chi connectivity index (χ0n) is 11.9. The predicted molar refractivity (Wildman–Crippen MR) is 84.7 cm³/mol. The number of nitrogens with zero attached hydrogens (tertiary/aromatic N) is 2. The minimum Gasteiger partial charge on any atom is -0.439 e. The average Bonchev–Trinajstić information content (AvgIpc) is 2.32. The molecule has 0 fully saturated rings. The Labute approximate surface area is 132 Å². The number of benzene rings is 1. The van der Waals surface area contributed by atoms with Crippen molar-refractivity contribution in [1.82, 2.24) is 9.97 Å². The molecule has 0 atom stereocenters. The molecule has 0 aliphatic carbocycles. The Hall–Kier alpha value is -1.13. The summed E-state index contributed by atoms with van der Waals surface area (Å²) in [6, 6.07) is 7.38. The summed E-state index contributed by atoms with van der Waals surface area (Å²) in [5.74, 6) is 1.84. The number of hydrogen-bond acceptors (Lipinski definition) is 3. The molecule has 1 heterocycles. The van der Waals surface area contributed by atoms with Gasteiger partial charge in [0.15, 0.2) is 0 Å². The zero-order valence-corrected chi connectivity index (χ0v) is 14.2. The van der Waals surface area contributed by atoms with Gasteiger partial charge in [-0.15, -0.1) is 0 Å². The van der Waals surface area contributed by atoms with Crippen molar-refractivity contribution in [1.29, 1.82) is 0 Å². The first-order chi connectivity index (χ1) is 9.25. The van der Waals surface area contributed by atoms with Gasteiger partial charge in [-0.05, 0) is 30.7 Å². The summed E-state index contributed by atoms with van der Waals surface area (Å²) < 4.78 is 6.82. The Morgan fingerprint density at radius 3 is 2.45 bits per heavy atom. The third kappa shape index (κ3) is 3.70. The highest BCUT2D eigenvalue weighted by Crippen LogP contribution is 2.28. The summed E-state index contributed by atoms with van der Waals surface area (Å²) in [6.45, 7) is 8.11. The molecule has 1 aromatic heterocycles. The van der Waals surface area contributed by atoms with Crippen LogP contribution < -0.4 is 4.74 Å². The molecule has 0 radical (unpaired) electrons. The fourth-order valence-corrected chi connectivity index (χ4v) is 2.01. The number of aromatic nitrogens is 2. The molecule has 0 spiro atoms. The Kier molecular flexibility index (Phi) is 4.35. The third-order valence-corrected chi connectivity index (χ3v) is 3.78. The molecule has 0 aliphatic heterocycles. The van der Waals surface area contributed by atoms with E-state index in [1.165, 1.54) is 0 Å². The Bertz CT molecular complexity index is 638. The van der Waals surface area contributed by atoms with Gasteiger partial charge in [0.2, 0.25) is 5.88 Å². The SMILES string of the molecule is Cc1cc(Oc2cc(Cl)nc(C(C)(C)C)n2)ccc1Br. The molecule has 0 saturated heterocycles. The van der Waals surface area contributed by atoms with Crippen molar-refractivity contribution in [2.75, 3.05) is 0 Å². The van der Waals surface area contributed by atoms with E-state index in [4.69, 9.17) is 16.3 Å². The van der Waals surface area contributed by atoms with Crippen molar-refractivity contribution in [2.24, 2.45) is 0 Å². The first kappa shape index (κ1) is 15.3. The number of hydrogen-bond donors (Lipinski definition) is 0. The van der Waals surface area contributed by atoms with Crippen LogP contribution in [0.4, 0.5) is 0 Å². The molecule has 3 nitrogen and oxygen atoms in total. The summed E-state index contributed by atoms with van der Waals surface area (Å²) in [4.78, 5) is 8.67. The lowest BCUT2D eigenvalue weighted by molar-refractivity contribution is 0.445. The van der Waals surface area contributed by atoms with Gasteiger partial charge in [0.1, 0.15) is 16.7 Å². The highest BCUT2D eigenvalue weighted by Gasteiger charge is 2.19. The van der Waals surface area contributed by atoms with Crippen LogP contribution >= 0.6 is 27.5 Å². The smallest absolute Gasteiger partial charge is 0.224 e. The summed E-state index contributed by atoms with van der Waals surface area (Å²) >= 11 is 9.50. The van der Waals surface area contributed by atoms with Gasteiger partial charge < -0.3 is 4.74 Å². The quantitative estimate of drug-likeness (QED) is 0.686. The normalized spacial score (nSPS) is 11.5. The van der Waals surface area contributed by atoms with Gasteiger partial charge in [0.05, 0.1) is 0 Å². The second-order valence-electron chi connectivity index (χ2n) is 5.62. The van der Waals surface area contributed by atoms with E-state index < -0.39 is 0 Å². The molecule has 5 heteroatoms. The average molecular weight is 356 g/mol. The maximum Gasteiger partial charge on any atom is 0.224 e. The van der Waals surface area contributed by atoms with Crippen LogP contribution in [-0.4, -0.2) is 9.97 Å². The highest BCUT2D eigenvalue weighted by atomic mass is 79.9. The van der Waals surface area contributed by atoms with Crippen LogP contribution in [0, 0.1) is 6.92 Å². The van der Waals surface area contributed by atoms with Gasteiger partial charge in [-0.3, -0.25) is 0 Å². The fourth-order valence-electron chi connectivity index (χ4n) is 1.59. The third-order valence-electron chi connectivity index (χ3n) is 2.69. The lowest BCUT2D eigenvalue weighted by Gasteiger charge is -2.17. The Morgan fingerprint density at radius 2 is 1.85 bits per heavy atom. The van der Waals surface area contributed by atoms with Crippen LogP contribution in [0.5, 0.6) is 11.6 Å². The van der Waals surface area contributed by atoms with Gasteiger partial charge in [0, 0.05) is 16.0 Å². The van der Waals surface area contributed by atoms with Gasteiger partial charge in [0.25, 0.3) is 0 Å². The van der Waals surface area contributed by atoms with Gasteiger partial charge in [-0.25, -0.2) is 4.98 Å². The molecule has 106 valence electrons. The molecule has 0 N–H and O–H groups in total. The van der Waals surface area contributed by atoms with Crippen LogP contribution in [0.3, 0.4) is 0 Å². The van der Waals surface area contributed by atoms with E-state index in [1.54, 1.807) is 6.07 Å². The molecule has 2 rings (SSSR count). The van der Waals surface area contributed by atoms with Crippen molar-refractivity contribution in [3.05, 3.63) is 45.3 Å². The molecule has 0 bridgehead atoms. The second kappa shape index (κ2) is 5.70. The van der Waals surface area contributed by atoms with E-state index in [-0.39, 0.29) is 5.41 Å². The topological polar surface area (TPSA) is 35.0 Å². The largest absolute Gasteiger partial charge is 0.439 e. The Balaban J connectivity index is 2.33. The van der Waals surface area contributed by atoms with Crippen LogP contribution in [0.25, 0.3) is 0 Å². The van der Waals surface area contributed by atoms with E-state index >= 15 is 0 Å². The molecule has 0 amide bonds. The molecule has 1 aromatic carbocycles. The first-order valence-electron chi connectivity index (χ1n) is 6.25. The first-order valence-corrected chi connectivity index (χ1v) is 7.42. The second-order valence-corrected chi connectivity index (χ2v) is 6.86. The number of rotatable bonds is 2. The predicted octanol–water partition coefficient (Wildman–Crippen LogP) is 5.29. The van der Waals surface area contributed by atoms with Crippen molar-refractivity contribution in [3.8, 4) is 11.6 Å². The summed E-state index contributed by atoms with van der Waals surface area (Å²) in [7, 11) is 0. The Morgan fingerprint density at radius 1 is 1.15 bits per heavy atom. The number of halogens is 2. The maximum atomic E-state index is 6.04. The standard InChI is InChI=1S/C15H16BrClN2O/c1-9-7-10(5-6-11(9)16)20-13-8-12(17)18-14(19-13)15(2,3)4/h5-8H,1-4H3. The van der Waals surface area contributed by atoms with Gasteiger partial charge in [-0.2, -0.15) is 4.98 Å². The lowest BCUT2D eigenvalue weighted by atomic mass is 9.96. The molecule has 0 aliphatic rings. The van der Waals surface area contributed by atoms with Crippen LogP contribution in [0.2, 0.25) is 5.15 Å². The molecular formula is C15H16BrClN2O. The molecule has 2 aromatic rings. The number of ether oxygens (including phenoxy) is 1. The molecule has 20 heavy (non-hydrogen) atoms. The van der Waals surface area contributed by atoms with E-state index in [0.717, 1.165) is 15.8 Å². The van der Waals surface area contributed by atoms with Crippen molar-refractivity contribution < 1.29 is 4.74 Å². The van der Waals surface area contributed by atoms with Crippen molar-refractivity contribution in [3.63, 3.8) is 0 Å². The van der Waals surface area contributed by atoms with Crippen molar-refractivity contribution in [2.45, 2.75) is 33.1 Å². The van der Waals surface area contributed by atoms with Crippen LogP contribution in [0.15, 0.2) is 28.7 Å². The zero-order chi connectivity index (χ0) is 14.9. The highest BCUT2D eigenvalue weighted by molar-refractivity contribution is 9.10. The van der Waals surface area contributed by atoms with Crippen molar-refractivity contribution >= 4 is 27.5 Å². The van der Waals surface area contributed by atoms with Gasteiger partial charge >= 0.3 is 0 Å². The minimum atomic E-state index is -0.182. The number of aryl methyl sites for hydroxylation is 1. The van der Waals surface area contributed by atoms with Crippen LogP contribution in [-0.2, 0) is 5.41 Å². The fraction of sp³-hybridized carbons (Fsp3) is 0.333. The van der Waals surface area contributed by atoms with E-state index in [9.17, 15) is 0 Å². The molecule has 0 unspecified atom stereocenters. The minimum absolute atomic E-state index is 0.182. The monoisotopic (exact) mass is 354 g/mol. The lowest BCUT2D eigenvalue weighted by Crippen LogP contribution is -2.16. The van der Waals surface area contributed by atoms with E-state index in [1.807, 2.05) is 45.9 Å². The molecule has 0 saturated carbocycles. The van der Waals surface area contributed by atoms with Gasteiger partial charge in [-0.1, -0.05) is 48.3 Å². The summed E-state index contributed by atoms with van der Waals surface area (Å²) in [5, 5.41) is 0.383. The van der Waals surface area contributed by atoms with E-state index in [2.05, 4.69) is 25.9 Å². The van der Waals surface area contributed by atoms with Crippen LogP contribution in [0.1, 0.15) is 32.2 Å². The summed E-state index contributed by atoms with van der Waals surface area (Å²) in [6.07, 6.45) is 0. The maximum absolute atomic E-state index is 6.04. The molecular weight excluding hydrogens is 340 g/mol. The van der Waals surface area contributed by atoms with E-state index in [0.29, 0.717) is 16.9 Å². The summed E-state index contributed by atoms with van der Waals surface area (Å²) in [5.41, 5.74) is 0.914.